The summed E-state index contributed by atoms with van der Waals surface area (Å²) in [6, 6.07) is 16.4. The maximum absolute atomic E-state index is 5.94. The van der Waals surface area contributed by atoms with Crippen LogP contribution in [0.1, 0.15) is 24.1 Å². The van der Waals surface area contributed by atoms with Gasteiger partial charge in [-0.3, -0.25) is 4.98 Å². The van der Waals surface area contributed by atoms with Gasteiger partial charge in [-0.1, -0.05) is 29.8 Å². The second-order valence-electron chi connectivity index (χ2n) is 5.25. The lowest BCUT2D eigenvalue weighted by molar-refractivity contribution is 0.887. The summed E-state index contributed by atoms with van der Waals surface area (Å²) in [6.07, 6.45) is 1.84. The lowest BCUT2D eigenvalue weighted by atomic mass is 10.1. The van der Waals surface area contributed by atoms with E-state index in [4.69, 9.17) is 11.6 Å². The van der Waals surface area contributed by atoms with Crippen LogP contribution in [0, 0.1) is 6.92 Å². The first-order valence-electron chi connectivity index (χ1n) is 7.01. The van der Waals surface area contributed by atoms with E-state index < -0.39 is 0 Å². The van der Waals surface area contributed by atoms with Crippen molar-refractivity contribution in [2.75, 3.05) is 5.32 Å². The minimum absolute atomic E-state index is 0.202. The van der Waals surface area contributed by atoms with Crippen LogP contribution in [0.15, 0.2) is 54.7 Å². The molecule has 0 aliphatic rings. The highest BCUT2D eigenvalue weighted by Gasteiger charge is 2.09. The Labute approximate surface area is 129 Å². The van der Waals surface area contributed by atoms with Gasteiger partial charge < -0.3 is 5.32 Å². The van der Waals surface area contributed by atoms with Crippen LogP contribution in [0.2, 0.25) is 5.02 Å². The Morgan fingerprint density at radius 1 is 1.05 bits per heavy atom. The van der Waals surface area contributed by atoms with Crippen molar-refractivity contribution in [2.24, 2.45) is 0 Å². The number of pyridine rings is 1. The maximum Gasteiger partial charge on any atom is 0.0751 e. The van der Waals surface area contributed by atoms with E-state index in [1.54, 1.807) is 0 Å². The van der Waals surface area contributed by atoms with E-state index >= 15 is 0 Å². The minimum Gasteiger partial charge on any atom is -0.378 e. The normalized spacial score (nSPS) is 12.3. The molecule has 1 heterocycles. The van der Waals surface area contributed by atoms with Crippen LogP contribution in [-0.4, -0.2) is 4.98 Å². The third kappa shape index (κ3) is 2.86. The topological polar surface area (TPSA) is 24.9 Å². The van der Waals surface area contributed by atoms with Crippen molar-refractivity contribution < 1.29 is 0 Å². The van der Waals surface area contributed by atoms with E-state index in [-0.39, 0.29) is 6.04 Å². The van der Waals surface area contributed by atoms with Crippen molar-refractivity contribution in [1.29, 1.82) is 0 Å². The third-order valence-corrected chi connectivity index (χ3v) is 3.97. The van der Waals surface area contributed by atoms with Crippen LogP contribution in [0.25, 0.3) is 10.9 Å². The number of fused-ring (bicyclic) bond motifs is 1. The molecule has 3 aromatic rings. The number of benzene rings is 2. The van der Waals surface area contributed by atoms with E-state index in [1.807, 2.05) is 24.4 Å². The summed E-state index contributed by atoms with van der Waals surface area (Å²) in [4.78, 5) is 4.48. The van der Waals surface area contributed by atoms with E-state index in [2.05, 4.69) is 54.5 Å². The van der Waals surface area contributed by atoms with Crippen LogP contribution in [-0.2, 0) is 0 Å². The number of anilines is 1. The molecule has 3 rings (SSSR count). The molecule has 0 aliphatic carbocycles. The molecule has 3 heteroatoms. The molecule has 1 atom stereocenters. The number of aromatic nitrogens is 1. The third-order valence-electron chi connectivity index (χ3n) is 3.71. The lowest BCUT2D eigenvalue weighted by Gasteiger charge is -2.18. The largest absolute Gasteiger partial charge is 0.378 e. The fraction of sp³-hybridized carbons (Fsp3) is 0.167. The average molecular weight is 297 g/mol. The molecule has 106 valence electrons. The molecule has 0 bridgehead atoms. The number of halogens is 1. The van der Waals surface area contributed by atoms with Crippen LogP contribution >= 0.6 is 11.6 Å². The SMILES string of the molecule is Cc1ccc(NC(C)c2ccc(Cl)cc2)c2cccnc12. The Hall–Kier alpha value is -2.06. The maximum atomic E-state index is 5.94. The van der Waals surface area contributed by atoms with Gasteiger partial charge in [0.25, 0.3) is 0 Å². The van der Waals surface area contributed by atoms with Gasteiger partial charge in [-0.15, -0.1) is 0 Å². The quantitative estimate of drug-likeness (QED) is 0.703. The highest BCUT2D eigenvalue weighted by Crippen LogP contribution is 2.28. The second-order valence-corrected chi connectivity index (χ2v) is 5.68. The molecule has 1 aromatic heterocycles. The number of hydrogen-bond donors (Lipinski definition) is 1. The first kappa shape index (κ1) is 13.9. The molecule has 1 unspecified atom stereocenters. The van der Waals surface area contributed by atoms with Crippen LogP contribution in [0.5, 0.6) is 0 Å². The summed E-state index contributed by atoms with van der Waals surface area (Å²) >= 11 is 5.94. The first-order valence-corrected chi connectivity index (χ1v) is 7.39. The van der Waals surface area contributed by atoms with Crippen molar-refractivity contribution in [2.45, 2.75) is 19.9 Å². The Bertz CT molecular complexity index is 766. The number of rotatable bonds is 3. The number of nitrogens with zero attached hydrogens (tertiary/aromatic N) is 1. The summed E-state index contributed by atoms with van der Waals surface area (Å²) < 4.78 is 0. The summed E-state index contributed by atoms with van der Waals surface area (Å²) in [5.74, 6) is 0. The van der Waals surface area contributed by atoms with Gasteiger partial charge in [0.1, 0.15) is 0 Å². The average Bonchev–Trinajstić information content (AvgIpc) is 2.51. The molecular formula is C18H17ClN2. The van der Waals surface area contributed by atoms with Crippen LogP contribution < -0.4 is 5.32 Å². The zero-order valence-corrected chi connectivity index (χ0v) is 12.9. The van der Waals surface area contributed by atoms with Crippen LogP contribution in [0.3, 0.4) is 0 Å². The first-order chi connectivity index (χ1) is 10.1. The van der Waals surface area contributed by atoms with Crippen molar-refractivity contribution in [1.82, 2.24) is 4.98 Å². The fourth-order valence-corrected chi connectivity index (χ4v) is 2.63. The molecule has 1 N–H and O–H groups in total. The molecule has 0 fully saturated rings. The van der Waals surface area contributed by atoms with Crippen molar-refractivity contribution in [3.63, 3.8) is 0 Å². The van der Waals surface area contributed by atoms with Gasteiger partial charge in [0.2, 0.25) is 0 Å². The summed E-state index contributed by atoms with van der Waals surface area (Å²) in [6.45, 7) is 4.23. The smallest absolute Gasteiger partial charge is 0.0751 e. The summed E-state index contributed by atoms with van der Waals surface area (Å²) in [5, 5.41) is 5.48. The van der Waals surface area contributed by atoms with Gasteiger partial charge in [0, 0.05) is 28.3 Å². The predicted octanol–water partition coefficient (Wildman–Crippen LogP) is 5.37. The van der Waals surface area contributed by atoms with E-state index in [0.29, 0.717) is 0 Å². The fourth-order valence-electron chi connectivity index (χ4n) is 2.51. The summed E-state index contributed by atoms with van der Waals surface area (Å²) in [5.41, 5.74) is 4.55. The molecule has 0 amide bonds. The molecule has 0 saturated heterocycles. The number of aryl methyl sites for hydroxylation is 1. The number of hydrogen-bond acceptors (Lipinski definition) is 2. The van der Waals surface area contributed by atoms with Crippen molar-refractivity contribution in [3.05, 3.63) is 70.9 Å². The molecule has 0 radical (unpaired) electrons. The van der Waals surface area contributed by atoms with Crippen LogP contribution in [0.4, 0.5) is 5.69 Å². The molecule has 2 aromatic carbocycles. The molecular weight excluding hydrogens is 280 g/mol. The van der Waals surface area contributed by atoms with Gasteiger partial charge in [0.15, 0.2) is 0 Å². The Morgan fingerprint density at radius 2 is 1.81 bits per heavy atom. The highest BCUT2D eigenvalue weighted by molar-refractivity contribution is 6.30. The minimum atomic E-state index is 0.202. The van der Waals surface area contributed by atoms with Gasteiger partial charge in [0.05, 0.1) is 5.52 Å². The zero-order valence-electron chi connectivity index (χ0n) is 12.1. The zero-order chi connectivity index (χ0) is 14.8. The highest BCUT2D eigenvalue weighted by atomic mass is 35.5. The second kappa shape index (κ2) is 5.74. The standard InChI is InChI=1S/C18H17ClN2/c1-12-5-10-17(16-4-3-11-20-18(12)16)21-13(2)14-6-8-15(19)9-7-14/h3-11,13,21H,1-2H3. The van der Waals surface area contributed by atoms with Crippen molar-refractivity contribution in [3.8, 4) is 0 Å². The molecule has 0 aliphatic heterocycles. The molecule has 0 spiro atoms. The van der Waals surface area contributed by atoms with Gasteiger partial charge in [-0.2, -0.15) is 0 Å². The molecule has 21 heavy (non-hydrogen) atoms. The van der Waals surface area contributed by atoms with E-state index in [0.717, 1.165) is 21.6 Å². The van der Waals surface area contributed by atoms with Gasteiger partial charge >= 0.3 is 0 Å². The number of nitrogens with one attached hydrogen (secondary N) is 1. The summed E-state index contributed by atoms with van der Waals surface area (Å²) in [7, 11) is 0. The van der Waals surface area contributed by atoms with Crippen molar-refractivity contribution >= 4 is 28.2 Å². The monoisotopic (exact) mass is 296 g/mol. The molecule has 2 nitrogen and oxygen atoms in total. The predicted molar refractivity (Wildman–Crippen MR) is 90.0 cm³/mol. The molecule has 0 saturated carbocycles. The Kier molecular flexibility index (Phi) is 3.80. The van der Waals surface area contributed by atoms with Gasteiger partial charge in [-0.25, -0.2) is 0 Å². The van der Waals surface area contributed by atoms with E-state index in [1.165, 1.54) is 11.1 Å². The Morgan fingerprint density at radius 3 is 2.57 bits per heavy atom. The van der Waals surface area contributed by atoms with Gasteiger partial charge in [-0.05, 0) is 55.3 Å². The van der Waals surface area contributed by atoms with E-state index in [9.17, 15) is 0 Å². The lowest BCUT2D eigenvalue weighted by Crippen LogP contribution is -2.07. The Balaban J connectivity index is 1.95.